The predicted octanol–water partition coefficient (Wildman–Crippen LogP) is 2.55. The smallest absolute Gasteiger partial charge is 0.255 e. The van der Waals surface area contributed by atoms with Crippen molar-refractivity contribution in [2.24, 2.45) is 0 Å². The molecule has 0 saturated carbocycles. The van der Waals surface area contributed by atoms with Gasteiger partial charge in [0.2, 0.25) is 0 Å². The van der Waals surface area contributed by atoms with Crippen LogP contribution >= 0.6 is 11.6 Å². The maximum Gasteiger partial charge on any atom is 0.255 e. The number of rotatable bonds is 6. The number of halogens is 1. The summed E-state index contributed by atoms with van der Waals surface area (Å²) in [5, 5.41) is 28.5. The summed E-state index contributed by atoms with van der Waals surface area (Å²) < 4.78 is 1.78. The predicted molar refractivity (Wildman–Crippen MR) is 121 cm³/mol. The number of aromatic nitrogens is 2. The number of likely N-dealkylation sites (tertiary alicyclic amines) is 1. The Labute approximate surface area is 193 Å². The molecule has 2 heterocycles. The Balaban J connectivity index is 1.64. The fourth-order valence-electron chi connectivity index (χ4n) is 3.85. The number of hydrogen-bond acceptors (Lipinski definition) is 5. The van der Waals surface area contributed by atoms with Crippen LogP contribution in [0.3, 0.4) is 0 Å². The third kappa shape index (κ3) is 5.31. The summed E-state index contributed by atoms with van der Waals surface area (Å²) in [7, 11) is 0. The van der Waals surface area contributed by atoms with Crippen molar-refractivity contribution in [3.05, 3.63) is 52.8 Å². The second kappa shape index (κ2) is 9.60. The first-order chi connectivity index (χ1) is 15.0. The van der Waals surface area contributed by atoms with Crippen LogP contribution in [0, 0.1) is 0 Å². The van der Waals surface area contributed by atoms with Crippen molar-refractivity contribution in [1.82, 2.24) is 20.0 Å². The van der Waals surface area contributed by atoms with Crippen LogP contribution in [0.5, 0.6) is 0 Å². The van der Waals surface area contributed by atoms with E-state index in [-0.39, 0.29) is 11.6 Å². The van der Waals surface area contributed by atoms with Crippen molar-refractivity contribution in [2.45, 2.75) is 70.4 Å². The molecule has 4 atom stereocenters. The molecule has 1 unspecified atom stereocenters. The van der Waals surface area contributed by atoms with Crippen molar-refractivity contribution < 1.29 is 19.8 Å². The zero-order valence-corrected chi connectivity index (χ0v) is 19.6. The first-order valence-electron chi connectivity index (χ1n) is 10.8. The molecule has 0 radical (unpaired) electrons. The van der Waals surface area contributed by atoms with Crippen LogP contribution < -0.4 is 5.32 Å². The van der Waals surface area contributed by atoms with Gasteiger partial charge in [0.15, 0.2) is 12.2 Å². The van der Waals surface area contributed by atoms with Gasteiger partial charge in [0.05, 0.1) is 23.3 Å². The van der Waals surface area contributed by atoms with Gasteiger partial charge in [-0.05, 0) is 64.3 Å². The van der Waals surface area contributed by atoms with E-state index in [9.17, 15) is 19.8 Å². The molecule has 3 rings (SSSR count). The fourth-order valence-corrected chi connectivity index (χ4v) is 4.05. The highest BCUT2D eigenvalue weighted by Gasteiger charge is 2.39. The Hall–Kier alpha value is -2.42. The summed E-state index contributed by atoms with van der Waals surface area (Å²) in [4.78, 5) is 27.0. The second-order valence-corrected chi connectivity index (χ2v) is 9.66. The maximum atomic E-state index is 12.9. The van der Waals surface area contributed by atoms with Gasteiger partial charge in [-0.25, -0.2) is 0 Å². The van der Waals surface area contributed by atoms with Crippen molar-refractivity contribution >= 4 is 23.4 Å². The molecule has 32 heavy (non-hydrogen) atoms. The standard InChI is InChI=1S/C23H31ClN4O4/c1-14(17-10-12-28(26-17)23(2,3)4)25-21(31)19(29)20(30)22(32)27-11-6-9-18(27)15-7-5-8-16(24)13-15/h5,7-8,10,12-14,18-20,29-30H,6,9,11H2,1-4H3,(H,25,31)/t14-,18?,19-,20-/m1/s1. The van der Waals surface area contributed by atoms with Crippen molar-refractivity contribution in [1.29, 1.82) is 0 Å². The van der Waals surface area contributed by atoms with E-state index in [2.05, 4.69) is 10.4 Å². The zero-order valence-electron chi connectivity index (χ0n) is 18.8. The van der Waals surface area contributed by atoms with Gasteiger partial charge < -0.3 is 20.4 Å². The molecule has 0 spiro atoms. The number of benzene rings is 1. The highest BCUT2D eigenvalue weighted by atomic mass is 35.5. The number of carbonyl (C=O) groups excluding carboxylic acids is 2. The zero-order chi connectivity index (χ0) is 23.6. The lowest BCUT2D eigenvalue weighted by molar-refractivity contribution is -0.154. The Morgan fingerprint density at radius 3 is 2.56 bits per heavy atom. The molecule has 0 bridgehead atoms. The summed E-state index contributed by atoms with van der Waals surface area (Å²) in [6.07, 6.45) is -0.472. The molecule has 2 amide bonds. The van der Waals surface area contributed by atoms with Crippen molar-refractivity contribution in [3.63, 3.8) is 0 Å². The first kappa shape index (κ1) is 24.2. The number of nitrogens with zero attached hydrogens (tertiary/aromatic N) is 3. The molecular formula is C23H31ClN4O4. The number of hydrogen-bond donors (Lipinski definition) is 3. The van der Waals surface area contributed by atoms with Crippen molar-refractivity contribution in [3.8, 4) is 0 Å². The summed E-state index contributed by atoms with van der Waals surface area (Å²) in [6, 6.07) is 8.23. The van der Waals surface area contributed by atoms with E-state index in [0.29, 0.717) is 23.7 Å². The largest absolute Gasteiger partial charge is 0.380 e. The minimum atomic E-state index is -1.89. The SMILES string of the molecule is C[C@@H](NC(=O)[C@H](O)[C@@H](O)C(=O)N1CCCC1c1cccc(Cl)c1)c1ccn(C(C)(C)C)n1. The molecule has 0 aliphatic carbocycles. The van der Waals surface area contributed by atoms with Crippen LogP contribution in [-0.4, -0.2) is 55.5 Å². The quantitative estimate of drug-likeness (QED) is 0.611. The molecular weight excluding hydrogens is 432 g/mol. The van der Waals surface area contributed by atoms with Crippen LogP contribution in [0.1, 0.15) is 63.9 Å². The number of aliphatic hydroxyl groups excluding tert-OH is 2. The Morgan fingerprint density at radius 1 is 1.22 bits per heavy atom. The van der Waals surface area contributed by atoms with Gasteiger partial charge >= 0.3 is 0 Å². The van der Waals surface area contributed by atoms with E-state index in [1.54, 1.807) is 35.9 Å². The van der Waals surface area contributed by atoms with E-state index in [1.165, 1.54) is 4.90 Å². The van der Waals surface area contributed by atoms with Gasteiger partial charge in [0, 0.05) is 17.8 Å². The molecule has 1 aliphatic heterocycles. The minimum absolute atomic E-state index is 0.209. The summed E-state index contributed by atoms with van der Waals surface area (Å²) in [5.41, 5.74) is 1.26. The number of carbonyl (C=O) groups is 2. The third-order valence-corrected chi connectivity index (χ3v) is 5.92. The summed E-state index contributed by atoms with van der Waals surface area (Å²) >= 11 is 6.08. The summed E-state index contributed by atoms with van der Waals surface area (Å²) in [5.74, 6) is -1.51. The molecule has 8 nitrogen and oxygen atoms in total. The molecule has 1 aliphatic rings. The molecule has 2 aromatic rings. The van der Waals surface area contributed by atoms with E-state index < -0.39 is 30.1 Å². The van der Waals surface area contributed by atoms with Crippen LogP contribution in [0.2, 0.25) is 5.02 Å². The van der Waals surface area contributed by atoms with E-state index in [1.807, 2.05) is 33.0 Å². The van der Waals surface area contributed by atoms with Crippen LogP contribution in [0.15, 0.2) is 36.5 Å². The lowest BCUT2D eigenvalue weighted by Gasteiger charge is -2.29. The van der Waals surface area contributed by atoms with Gasteiger partial charge in [0.25, 0.3) is 11.8 Å². The fraction of sp³-hybridized carbons (Fsp3) is 0.522. The molecule has 1 saturated heterocycles. The molecule has 9 heteroatoms. The summed E-state index contributed by atoms with van der Waals surface area (Å²) in [6.45, 7) is 8.18. The average Bonchev–Trinajstić information content (AvgIpc) is 3.41. The van der Waals surface area contributed by atoms with Gasteiger partial charge in [0.1, 0.15) is 0 Å². The van der Waals surface area contributed by atoms with Crippen LogP contribution in [0.25, 0.3) is 0 Å². The lowest BCUT2D eigenvalue weighted by atomic mass is 10.0. The number of aliphatic hydroxyl groups is 2. The first-order valence-corrected chi connectivity index (χ1v) is 11.2. The molecule has 1 aromatic heterocycles. The normalized spacial score (nSPS) is 19.5. The molecule has 1 aromatic carbocycles. The van der Waals surface area contributed by atoms with Gasteiger partial charge in [-0.1, -0.05) is 23.7 Å². The van der Waals surface area contributed by atoms with Crippen molar-refractivity contribution in [2.75, 3.05) is 6.54 Å². The van der Waals surface area contributed by atoms with Gasteiger partial charge in [-0.15, -0.1) is 0 Å². The Kier molecular flexibility index (Phi) is 7.27. The Bertz CT molecular complexity index is 971. The highest BCUT2D eigenvalue weighted by molar-refractivity contribution is 6.30. The number of nitrogens with one attached hydrogen (secondary N) is 1. The average molecular weight is 463 g/mol. The molecule has 174 valence electrons. The van der Waals surface area contributed by atoms with E-state index >= 15 is 0 Å². The van der Waals surface area contributed by atoms with Crippen LogP contribution in [0.4, 0.5) is 0 Å². The third-order valence-electron chi connectivity index (χ3n) is 5.69. The maximum absolute atomic E-state index is 12.9. The molecule has 1 fully saturated rings. The van der Waals surface area contributed by atoms with Crippen LogP contribution in [-0.2, 0) is 15.1 Å². The Morgan fingerprint density at radius 2 is 1.94 bits per heavy atom. The molecule has 3 N–H and O–H groups in total. The van der Waals surface area contributed by atoms with Gasteiger partial charge in [-0.3, -0.25) is 14.3 Å². The second-order valence-electron chi connectivity index (χ2n) is 9.22. The number of amides is 2. The lowest BCUT2D eigenvalue weighted by Crippen LogP contribution is -2.51. The minimum Gasteiger partial charge on any atom is -0.380 e. The monoisotopic (exact) mass is 462 g/mol. The topological polar surface area (TPSA) is 108 Å². The highest BCUT2D eigenvalue weighted by Crippen LogP contribution is 2.33. The van der Waals surface area contributed by atoms with E-state index in [0.717, 1.165) is 12.0 Å². The van der Waals surface area contributed by atoms with Gasteiger partial charge in [-0.2, -0.15) is 5.10 Å². The van der Waals surface area contributed by atoms with E-state index in [4.69, 9.17) is 11.6 Å².